The molecule has 0 radical (unpaired) electrons. The molecule has 0 bridgehead atoms. The number of likely N-dealkylation sites (tertiary alicyclic amines) is 1. The maximum atomic E-state index is 2.59. The molecule has 0 spiro atoms. The molecule has 20 heavy (non-hydrogen) atoms. The van der Waals surface area contributed by atoms with Crippen LogP contribution in [0.2, 0.25) is 0 Å². The molecule has 2 heterocycles. The zero-order valence-corrected chi connectivity index (χ0v) is 11.8. The Kier molecular flexibility index (Phi) is 2.96. The minimum Gasteiger partial charge on any atom is -0.327 e. The first-order valence-electron chi connectivity index (χ1n) is 7.62. The third-order valence-corrected chi connectivity index (χ3v) is 4.47. The number of aromatic nitrogens is 1. The second kappa shape index (κ2) is 4.95. The highest BCUT2D eigenvalue weighted by atomic mass is 15.2. The predicted molar refractivity (Wildman–Crippen MR) is 84.9 cm³/mol. The molecule has 2 aromatic carbocycles. The largest absolute Gasteiger partial charge is 0.327 e. The second-order valence-corrected chi connectivity index (χ2v) is 5.78. The van der Waals surface area contributed by atoms with E-state index in [0.717, 1.165) is 6.67 Å². The van der Waals surface area contributed by atoms with Crippen molar-refractivity contribution in [2.75, 3.05) is 13.1 Å². The maximum absolute atomic E-state index is 2.59. The van der Waals surface area contributed by atoms with Crippen LogP contribution in [0.5, 0.6) is 0 Å². The van der Waals surface area contributed by atoms with Gasteiger partial charge in [0.15, 0.2) is 0 Å². The van der Waals surface area contributed by atoms with Gasteiger partial charge in [-0.3, -0.25) is 4.90 Å². The van der Waals surface area contributed by atoms with Gasteiger partial charge >= 0.3 is 0 Å². The normalized spacial score (nSPS) is 17.0. The van der Waals surface area contributed by atoms with Crippen molar-refractivity contribution < 1.29 is 0 Å². The second-order valence-electron chi connectivity index (χ2n) is 5.78. The standard InChI is InChI=1S/C18H20N2/c1-6-12-19(13-7-1)14-20-17-10-4-2-8-15(17)16-9-3-5-11-18(16)20/h2-5,8-11H,1,6-7,12-14H2. The van der Waals surface area contributed by atoms with E-state index < -0.39 is 0 Å². The van der Waals surface area contributed by atoms with Gasteiger partial charge in [-0.1, -0.05) is 42.8 Å². The molecule has 0 amide bonds. The summed E-state index contributed by atoms with van der Waals surface area (Å²) in [4.78, 5) is 2.59. The van der Waals surface area contributed by atoms with Crippen LogP contribution in [0.3, 0.4) is 0 Å². The van der Waals surface area contributed by atoms with E-state index in [1.807, 2.05) is 0 Å². The Hall–Kier alpha value is -1.80. The number of piperidine rings is 1. The number of fused-ring (bicyclic) bond motifs is 3. The molecule has 1 aromatic heterocycles. The van der Waals surface area contributed by atoms with Crippen molar-refractivity contribution in [3.8, 4) is 0 Å². The number of nitrogens with zero attached hydrogens (tertiary/aromatic N) is 2. The SMILES string of the molecule is c1ccc2c(c1)c1ccccc1n2CN1CCCCC1. The summed E-state index contributed by atoms with van der Waals surface area (Å²) in [5, 5.41) is 2.75. The molecular weight excluding hydrogens is 244 g/mol. The lowest BCUT2D eigenvalue weighted by atomic mass is 10.1. The van der Waals surface area contributed by atoms with Crippen LogP contribution in [0.25, 0.3) is 21.8 Å². The van der Waals surface area contributed by atoms with Gasteiger partial charge in [0.2, 0.25) is 0 Å². The summed E-state index contributed by atoms with van der Waals surface area (Å²) in [5.74, 6) is 0. The van der Waals surface area contributed by atoms with E-state index >= 15 is 0 Å². The van der Waals surface area contributed by atoms with Crippen LogP contribution in [0.15, 0.2) is 48.5 Å². The molecule has 2 heteroatoms. The van der Waals surface area contributed by atoms with Gasteiger partial charge in [-0.05, 0) is 38.1 Å². The average Bonchev–Trinajstić information content (AvgIpc) is 2.84. The van der Waals surface area contributed by atoms with Crippen molar-refractivity contribution in [3.63, 3.8) is 0 Å². The third kappa shape index (κ3) is 1.92. The van der Waals surface area contributed by atoms with Gasteiger partial charge in [-0.25, -0.2) is 0 Å². The number of para-hydroxylation sites is 2. The molecule has 3 aromatic rings. The zero-order valence-electron chi connectivity index (χ0n) is 11.8. The molecule has 0 aliphatic carbocycles. The third-order valence-electron chi connectivity index (χ3n) is 4.47. The van der Waals surface area contributed by atoms with Crippen molar-refractivity contribution >= 4 is 21.8 Å². The van der Waals surface area contributed by atoms with Crippen LogP contribution >= 0.6 is 0 Å². The fourth-order valence-electron chi connectivity index (χ4n) is 3.46. The van der Waals surface area contributed by atoms with Gasteiger partial charge in [0.25, 0.3) is 0 Å². The van der Waals surface area contributed by atoms with Crippen LogP contribution in [0, 0.1) is 0 Å². The lowest BCUT2D eigenvalue weighted by Gasteiger charge is -2.27. The number of rotatable bonds is 2. The summed E-state index contributed by atoms with van der Waals surface area (Å²) in [5.41, 5.74) is 2.72. The van der Waals surface area contributed by atoms with Gasteiger partial charge < -0.3 is 4.57 Å². The molecule has 1 aliphatic rings. The van der Waals surface area contributed by atoms with Gasteiger partial charge in [-0.2, -0.15) is 0 Å². The highest BCUT2D eigenvalue weighted by Crippen LogP contribution is 2.29. The molecule has 2 nitrogen and oxygen atoms in total. The Morgan fingerprint density at radius 3 is 1.85 bits per heavy atom. The average molecular weight is 264 g/mol. The topological polar surface area (TPSA) is 8.17 Å². The van der Waals surface area contributed by atoms with E-state index in [9.17, 15) is 0 Å². The van der Waals surface area contributed by atoms with Crippen LogP contribution in [0.4, 0.5) is 0 Å². The first kappa shape index (κ1) is 12.0. The van der Waals surface area contributed by atoms with E-state index in [1.165, 1.54) is 54.2 Å². The van der Waals surface area contributed by atoms with Crippen LogP contribution in [-0.2, 0) is 6.67 Å². The molecule has 1 aliphatic heterocycles. The van der Waals surface area contributed by atoms with Gasteiger partial charge in [0.1, 0.15) is 0 Å². The van der Waals surface area contributed by atoms with E-state index in [0.29, 0.717) is 0 Å². The molecule has 0 saturated carbocycles. The van der Waals surface area contributed by atoms with Crippen molar-refractivity contribution in [1.82, 2.24) is 9.47 Å². The Morgan fingerprint density at radius 1 is 0.700 bits per heavy atom. The van der Waals surface area contributed by atoms with Gasteiger partial charge in [-0.15, -0.1) is 0 Å². The molecule has 1 fully saturated rings. The summed E-state index contributed by atoms with van der Waals surface area (Å²) < 4.78 is 2.48. The summed E-state index contributed by atoms with van der Waals surface area (Å²) >= 11 is 0. The monoisotopic (exact) mass is 264 g/mol. The van der Waals surface area contributed by atoms with E-state index in [1.54, 1.807) is 0 Å². The van der Waals surface area contributed by atoms with Crippen LogP contribution < -0.4 is 0 Å². The number of hydrogen-bond acceptors (Lipinski definition) is 1. The highest BCUT2D eigenvalue weighted by molar-refractivity contribution is 6.07. The summed E-state index contributed by atoms with van der Waals surface area (Å²) in [6.45, 7) is 3.50. The van der Waals surface area contributed by atoms with Crippen molar-refractivity contribution in [1.29, 1.82) is 0 Å². The molecule has 0 atom stereocenters. The van der Waals surface area contributed by atoms with E-state index in [2.05, 4.69) is 58.0 Å². The quantitative estimate of drug-likeness (QED) is 0.672. The molecule has 0 N–H and O–H groups in total. The molecule has 0 unspecified atom stereocenters. The fraction of sp³-hybridized carbons (Fsp3) is 0.333. The minimum atomic E-state index is 1.02. The first-order valence-corrected chi connectivity index (χ1v) is 7.62. The first-order chi connectivity index (χ1) is 9.93. The van der Waals surface area contributed by atoms with Crippen molar-refractivity contribution in [2.24, 2.45) is 0 Å². The van der Waals surface area contributed by atoms with E-state index in [4.69, 9.17) is 0 Å². The Bertz CT molecular complexity index is 682. The minimum absolute atomic E-state index is 1.02. The highest BCUT2D eigenvalue weighted by Gasteiger charge is 2.14. The maximum Gasteiger partial charge on any atom is 0.0757 e. The Labute approximate surface area is 119 Å². The van der Waals surface area contributed by atoms with Gasteiger partial charge in [0, 0.05) is 10.8 Å². The molecule has 1 saturated heterocycles. The summed E-state index contributed by atoms with van der Waals surface area (Å²) in [7, 11) is 0. The molecule has 4 rings (SSSR count). The van der Waals surface area contributed by atoms with Crippen molar-refractivity contribution in [2.45, 2.75) is 25.9 Å². The molecular formula is C18H20N2. The number of hydrogen-bond donors (Lipinski definition) is 0. The number of benzene rings is 2. The van der Waals surface area contributed by atoms with Crippen LogP contribution in [0.1, 0.15) is 19.3 Å². The van der Waals surface area contributed by atoms with Crippen molar-refractivity contribution in [3.05, 3.63) is 48.5 Å². The van der Waals surface area contributed by atoms with E-state index in [-0.39, 0.29) is 0 Å². The van der Waals surface area contributed by atoms with Crippen LogP contribution in [-0.4, -0.2) is 22.6 Å². The summed E-state index contributed by atoms with van der Waals surface area (Å²) in [6.07, 6.45) is 4.08. The Balaban J connectivity index is 1.86. The zero-order chi connectivity index (χ0) is 13.4. The lowest BCUT2D eigenvalue weighted by Crippen LogP contribution is -2.31. The van der Waals surface area contributed by atoms with Gasteiger partial charge in [0.05, 0.1) is 17.7 Å². The molecule has 102 valence electrons. The lowest BCUT2D eigenvalue weighted by molar-refractivity contribution is 0.187. The predicted octanol–water partition coefficient (Wildman–Crippen LogP) is 4.24. The Morgan fingerprint density at radius 2 is 1.25 bits per heavy atom. The summed E-state index contributed by atoms with van der Waals surface area (Å²) in [6, 6.07) is 17.6. The smallest absolute Gasteiger partial charge is 0.0757 e. The fourth-order valence-corrected chi connectivity index (χ4v) is 3.46.